The van der Waals surface area contributed by atoms with Crippen molar-refractivity contribution in [2.75, 3.05) is 10.2 Å². The normalized spacial score (nSPS) is 21.9. The van der Waals surface area contributed by atoms with Gasteiger partial charge >= 0.3 is 0 Å². The average molecular weight is 453 g/mol. The second-order valence-electron chi connectivity index (χ2n) is 9.40. The van der Waals surface area contributed by atoms with Crippen molar-refractivity contribution in [2.45, 2.75) is 39.0 Å². The molecule has 0 unspecified atom stereocenters. The summed E-state index contributed by atoms with van der Waals surface area (Å²) in [6.07, 6.45) is 2.29. The van der Waals surface area contributed by atoms with Crippen molar-refractivity contribution in [3.05, 3.63) is 95.1 Å². The molecule has 1 aliphatic carbocycles. The number of anilines is 2. The first-order valence-electron chi connectivity index (χ1n) is 11.8. The third kappa shape index (κ3) is 3.92. The molecule has 0 radical (unpaired) electrons. The number of nitrogens with one attached hydrogen (secondary N) is 1. The highest BCUT2D eigenvalue weighted by Crippen LogP contribution is 2.45. The molecule has 5 rings (SSSR count). The van der Waals surface area contributed by atoms with E-state index in [1.807, 2.05) is 50.2 Å². The molecule has 0 aromatic heterocycles. The van der Waals surface area contributed by atoms with Crippen LogP contribution in [0.15, 0.2) is 72.8 Å². The topological polar surface area (TPSA) is 66.5 Å². The first-order valence-corrected chi connectivity index (χ1v) is 11.8. The zero-order valence-corrected chi connectivity index (χ0v) is 19.5. The van der Waals surface area contributed by atoms with E-state index in [2.05, 4.69) is 17.4 Å². The van der Waals surface area contributed by atoms with E-state index in [1.54, 1.807) is 24.3 Å². The van der Waals surface area contributed by atoms with Crippen LogP contribution in [0.5, 0.6) is 0 Å². The molecule has 1 N–H and O–H groups in total. The molecular weight excluding hydrogens is 424 g/mol. The molecule has 3 aromatic rings. The summed E-state index contributed by atoms with van der Waals surface area (Å²) in [6, 6.07) is 22.8. The Labute approximate surface area is 199 Å². The van der Waals surface area contributed by atoms with Gasteiger partial charge in [-0.15, -0.1) is 0 Å². The van der Waals surface area contributed by atoms with E-state index in [0.717, 1.165) is 23.2 Å². The van der Waals surface area contributed by atoms with E-state index in [0.29, 0.717) is 24.1 Å². The van der Waals surface area contributed by atoms with E-state index in [4.69, 9.17) is 0 Å². The van der Waals surface area contributed by atoms with Crippen LogP contribution >= 0.6 is 0 Å². The third-order valence-electron chi connectivity index (χ3n) is 7.42. The molecule has 5 heteroatoms. The maximum absolute atomic E-state index is 13.4. The number of rotatable bonds is 4. The summed E-state index contributed by atoms with van der Waals surface area (Å²) in [7, 11) is 0. The minimum absolute atomic E-state index is 0.145. The van der Waals surface area contributed by atoms with Crippen LogP contribution in [0.2, 0.25) is 0 Å². The number of nitrogens with zero attached hydrogens (tertiary/aromatic N) is 1. The Bertz CT molecular complexity index is 1270. The molecule has 2 aliphatic rings. The molecule has 0 spiro atoms. The highest BCUT2D eigenvalue weighted by molar-refractivity contribution is 6.22. The number of carbonyl (C=O) groups excluding carboxylic acids is 3. The van der Waals surface area contributed by atoms with Crippen LogP contribution in [0.1, 0.15) is 52.2 Å². The lowest BCUT2D eigenvalue weighted by Crippen LogP contribution is -2.31. The van der Waals surface area contributed by atoms with Crippen molar-refractivity contribution in [1.29, 1.82) is 0 Å². The number of hydrogen-bond acceptors (Lipinski definition) is 3. The van der Waals surface area contributed by atoms with Crippen molar-refractivity contribution in [3.63, 3.8) is 0 Å². The van der Waals surface area contributed by atoms with Gasteiger partial charge in [0, 0.05) is 11.3 Å². The largest absolute Gasteiger partial charge is 0.322 e. The Morgan fingerprint density at radius 3 is 2.38 bits per heavy atom. The standard InChI is InChI=1S/C29H28N2O3/c1-18-8-6-13-26(19(18)2)30-27(32)22-11-7-12-23(16-22)31-28(33)24-15-14-21(17-25(24)29(31)34)20-9-4-3-5-10-20/h3-13,16,21,24-25H,14-15,17H2,1-2H3,(H,30,32)/t21-,24-,25+/m1/s1. The Kier molecular flexibility index (Phi) is 5.78. The lowest BCUT2D eigenvalue weighted by Gasteiger charge is -2.28. The molecule has 1 aliphatic heterocycles. The summed E-state index contributed by atoms with van der Waals surface area (Å²) < 4.78 is 0. The first-order chi connectivity index (χ1) is 16.4. The van der Waals surface area contributed by atoms with E-state index in [9.17, 15) is 14.4 Å². The van der Waals surface area contributed by atoms with Crippen molar-refractivity contribution >= 4 is 29.1 Å². The average Bonchev–Trinajstić information content (AvgIpc) is 3.11. The molecule has 1 heterocycles. The first kappa shape index (κ1) is 22.1. The number of fused-ring (bicyclic) bond motifs is 1. The summed E-state index contributed by atoms with van der Waals surface area (Å²) in [5.41, 5.74) is 4.96. The molecular formula is C29H28N2O3. The van der Waals surface area contributed by atoms with Crippen molar-refractivity contribution < 1.29 is 14.4 Å². The molecule has 3 atom stereocenters. The number of imide groups is 1. The van der Waals surface area contributed by atoms with Gasteiger partial charge in [-0.1, -0.05) is 48.5 Å². The van der Waals surface area contributed by atoms with Crippen molar-refractivity contribution in [3.8, 4) is 0 Å². The summed E-state index contributed by atoms with van der Waals surface area (Å²) in [4.78, 5) is 40.9. The van der Waals surface area contributed by atoms with Gasteiger partial charge in [0.2, 0.25) is 11.8 Å². The van der Waals surface area contributed by atoms with Crippen LogP contribution in [-0.2, 0) is 9.59 Å². The van der Waals surface area contributed by atoms with Crippen LogP contribution in [0, 0.1) is 25.7 Å². The van der Waals surface area contributed by atoms with Gasteiger partial charge in [0.15, 0.2) is 0 Å². The molecule has 3 amide bonds. The number of hydrogen-bond donors (Lipinski definition) is 1. The third-order valence-corrected chi connectivity index (χ3v) is 7.42. The molecule has 5 nitrogen and oxygen atoms in total. The Balaban J connectivity index is 1.37. The highest BCUT2D eigenvalue weighted by atomic mass is 16.2. The van der Waals surface area contributed by atoms with Gasteiger partial charge in [-0.2, -0.15) is 0 Å². The van der Waals surface area contributed by atoms with Gasteiger partial charge in [0.05, 0.1) is 17.5 Å². The maximum atomic E-state index is 13.4. The van der Waals surface area contributed by atoms with Crippen LogP contribution in [0.4, 0.5) is 11.4 Å². The smallest absolute Gasteiger partial charge is 0.255 e. The zero-order valence-electron chi connectivity index (χ0n) is 19.5. The van der Waals surface area contributed by atoms with Crippen LogP contribution in [0.3, 0.4) is 0 Å². The van der Waals surface area contributed by atoms with Crippen LogP contribution in [0.25, 0.3) is 0 Å². The second kappa shape index (κ2) is 8.90. The fraction of sp³-hybridized carbons (Fsp3) is 0.276. The van der Waals surface area contributed by atoms with Crippen molar-refractivity contribution in [2.24, 2.45) is 11.8 Å². The lowest BCUT2D eigenvalue weighted by atomic mass is 9.73. The molecule has 2 fully saturated rings. The number of carbonyl (C=O) groups is 3. The molecule has 1 saturated carbocycles. The summed E-state index contributed by atoms with van der Waals surface area (Å²) in [5, 5.41) is 2.95. The number of aryl methyl sites for hydroxylation is 1. The van der Waals surface area contributed by atoms with E-state index < -0.39 is 0 Å². The van der Waals surface area contributed by atoms with Crippen LogP contribution < -0.4 is 10.2 Å². The van der Waals surface area contributed by atoms with Crippen LogP contribution in [-0.4, -0.2) is 17.7 Å². The Morgan fingerprint density at radius 1 is 0.853 bits per heavy atom. The minimum Gasteiger partial charge on any atom is -0.322 e. The van der Waals surface area contributed by atoms with Gasteiger partial charge in [-0.05, 0) is 80.0 Å². The SMILES string of the molecule is Cc1cccc(NC(=O)c2cccc(N3C(=O)[C@H]4C[C@H](c5ccccc5)CC[C@H]4C3=O)c2)c1C. The minimum atomic E-state index is -0.307. The fourth-order valence-corrected chi connectivity index (χ4v) is 5.33. The Hall–Kier alpha value is -3.73. The summed E-state index contributed by atoms with van der Waals surface area (Å²) >= 11 is 0. The fourth-order valence-electron chi connectivity index (χ4n) is 5.33. The monoisotopic (exact) mass is 452 g/mol. The van der Waals surface area contributed by atoms with Gasteiger partial charge in [-0.3, -0.25) is 19.3 Å². The quantitative estimate of drug-likeness (QED) is 0.522. The molecule has 34 heavy (non-hydrogen) atoms. The van der Waals surface area contributed by atoms with Gasteiger partial charge in [0.1, 0.15) is 0 Å². The molecule has 3 aromatic carbocycles. The zero-order chi connectivity index (χ0) is 23.8. The lowest BCUT2D eigenvalue weighted by molar-refractivity contribution is -0.122. The molecule has 172 valence electrons. The highest BCUT2D eigenvalue weighted by Gasteiger charge is 2.50. The Morgan fingerprint density at radius 2 is 1.59 bits per heavy atom. The predicted molar refractivity (Wildman–Crippen MR) is 133 cm³/mol. The number of benzene rings is 3. The second-order valence-corrected chi connectivity index (χ2v) is 9.40. The molecule has 1 saturated heterocycles. The van der Waals surface area contributed by atoms with E-state index >= 15 is 0 Å². The van der Waals surface area contributed by atoms with E-state index in [-0.39, 0.29) is 35.5 Å². The van der Waals surface area contributed by atoms with Crippen molar-refractivity contribution in [1.82, 2.24) is 0 Å². The maximum Gasteiger partial charge on any atom is 0.255 e. The van der Waals surface area contributed by atoms with Gasteiger partial charge in [-0.25, -0.2) is 0 Å². The summed E-state index contributed by atoms with van der Waals surface area (Å²) in [6.45, 7) is 3.96. The summed E-state index contributed by atoms with van der Waals surface area (Å²) in [5.74, 6) is -0.861. The number of amides is 3. The van der Waals surface area contributed by atoms with Gasteiger partial charge < -0.3 is 5.32 Å². The van der Waals surface area contributed by atoms with E-state index in [1.165, 1.54) is 10.5 Å². The van der Waals surface area contributed by atoms with Gasteiger partial charge in [0.25, 0.3) is 5.91 Å². The molecule has 0 bridgehead atoms. The predicted octanol–water partition coefficient (Wildman–Crippen LogP) is 5.63.